The van der Waals surface area contributed by atoms with Crippen LogP contribution in [0.5, 0.6) is 0 Å². The number of rotatable bonds is 5. The first-order chi connectivity index (χ1) is 12.3. The van der Waals surface area contributed by atoms with E-state index in [1.165, 1.54) is 5.56 Å². The van der Waals surface area contributed by atoms with Crippen LogP contribution >= 0.6 is 24.0 Å². The van der Waals surface area contributed by atoms with Gasteiger partial charge in [0.05, 0.1) is 11.7 Å². The summed E-state index contributed by atoms with van der Waals surface area (Å²) in [5, 5.41) is 11.1. The molecule has 1 heterocycles. The van der Waals surface area contributed by atoms with E-state index in [9.17, 15) is 0 Å². The summed E-state index contributed by atoms with van der Waals surface area (Å²) in [7, 11) is 1.78. The zero-order valence-electron chi connectivity index (χ0n) is 15.0. The zero-order chi connectivity index (χ0) is 17.5. The molecule has 0 saturated carbocycles. The van der Waals surface area contributed by atoms with Gasteiger partial charge in [0, 0.05) is 26.0 Å². The third-order valence-electron chi connectivity index (χ3n) is 4.07. The van der Waals surface area contributed by atoms with Crippen molar-refractivity contribution in [1.82, 2.24) is 20.4 Å². The third kappa shape index (κ3) is 5.08. The molecule has 3 rings (SSSR count). The fraction of sp³-hybridized carbons (Fsp3) is 0.200. The standard InChI is InChI=1S/C20H23N5.HI/c1-16(17-9-4-3-5-10-17)24-20(21-2)22-15-18-11-6-7-12-19(18)25-14-8-13-23-25;/h3-14,16H,15H2,1-2H3,(H2,21,22,24);1H. The lowest BCUT2D eigenvalue weighted by molar-refractivity contribution is 0.684. The molecule has 26 heavy (non-hydrogen) atoms. The summed E-state index contributed by atoms with van der Waals surface area (Å²) in [5.74, 6) is 0.770. The molecule has 0 spiro atoms. The van der Waals surface area contributed by atoms with Crippen molar-refractivity contribution in [2.75, 3.05) is 7.05 Å². The summed E-state index contributed by atoms with van der Waals surface area (Å²) in [5.41, 5.74) is 3.44. The van der Waals surface area contributed by atoms with Crippen LogP contribution in [0.15, 0.2) is 78.0 Å². The molecule has 5 nitrogen and oxygen atoms in total. The van der Waals surface area contributed by atoms with Gasteiger partial charge in [0.2, 0.25) is 0 Å². The van der Waals surface area contributed by atoms with E-state index in [1.54, 1.807) is 13.2 Å². The fourth-order valence-electron chi connectivity index (χ4n) is 2.70. The molecule has 1 aromatic heterocycles. The maximum absolute atomic E-state index is 4.33. The number of aliphatic imine (C=N–C) groups is 1. The molecule has 2 N–H and O–H groups in total. The van der Waals surface area contributed by atoms with Crippen molar-refractivity contribution in [2.45, 2.75) is 19.5 Å². The van der Waals surface area contributed by atoms with Crippen LogP contribution in [0.25, 0.3) is 5.69 Å². The van der Waals surface area contributed by atoms with Gasteiger partial charge in [0.15, 0.2) is 5.96 Å². The molecule has 0 aliphatic heterocycles. The first-order valence-corrected chi connectivity index (χ1v) is 8.38. The quantitative estimate of drug-likeness (QED) is 0.344. The molecule has 0 aliphatic rings. The SMILES string of the molecule is CN=C(NCc1ccccc1-n1cccn1)NC(C)c1ccccc1.I. The molecule has 0 radical (unpaired) electrons. The largest absolute Gasteiger partial charge is 0.352 e. The normalized spacial score (nSPS) is 12.2. The van der Waals surface area contributed by atoms with Crippen molar-refractivity contribution >= 4 is 29.9 Å². The Bertz CT molecular complexity index is 815. The second kappa shape index (κ2) is 9.96. The minimum absolute atomic E-state index is 0. The van der Waals surface area contributed by atoms with Gasteiger partial charge in [-0.1, -0.05) is 48.5 Å². The summed E-state index contributed by atoms with van der Waals surface area (Å²) in [6.07, 6.45) is 3.73. The topological polar surface area (TPSA) is 54.2 Å². The van der Waals surface area contributed by atoms with Crippen LogP contribution in [0.4, 0.5) is 0 Å². The Balaban J connectivity index is 0.00000243. The lowest BCUT2D eigenvalue weighted by atomic mass is 10.1. The van der Waals surface area contributed by atoms with Crippen molar-refractivity contribution in [3.05, 3.63) is 84.2 Å². The molecule has 0 saturated heterocycles. The van der Waals surface area contributed by atoms with Gasteiger partial charge < -0.3 is 10.6 Å². The lowest BCUT2D eigenvalue weighted by Crippen LogP contribution is -2.38. The van der Waals surface area contributed by atoms with Crippen molar-refractivity contribution in [2.24, 2.45) is 4.99 Å². The van der Waals surface area contributed by atoms with Crippen molar-refractivity contribution in [3.8, 4) is 5.69 Å². The molecular formula is C20H24IN5. The maximum atomic E-state index is 4.33. The molecule has 0 fully saturated rings. The molecule has 2 aromatic carbocycles. The number of hydrogen-bond acceptors (Lipinski definition) is 2. The second-order valence-electron chi connectivity index (χ2n) is 5.78. The summed E-state index contributed by atoms with van der Waals surface area (Å²) in [4.78, 5) is 4.33. The monoisotopic (exact) mass is 461 g/mol. The molecule has 6 heteroatoms. The van der Waals surface area contributed by atoms with Crippen molar-refractivity contribution in [3.63, 3.8) is 0 Å². The highest BCUT2D eigenvalue weighted by Crippen LogP contribution is 2.14. The summed E-state index contributed by atoms with van der Waals surface area (Å²) in [6, 6.07) is 20.6. The van der Waals surface area contributed by atoms with Crippen LogP contribution in [0.1, 0.15) is 24.1 Å². The highest BCUT2D eigenvalue weighted by Gasteiger charge is 2.09. The second-order valence-corrected chi connectivity index (χ2v) is 5.78. The Hall–Kier alpha value is -2.35. The highest BCUT2D eigenvalue weighted by atomic mass is 127. The van der Waals surface area contributed by atoms with E-state index in [1.807, 2.05) is 47.3 Å². The summed E-state index contributed by atoms with van der Waals surface area (Å²) < 4.78 is 1.87. The van der Waals surface area contributed by atoms with Crippen LogP contribution < -0.4 is 10.6 Å². The van der Waals surface area contributed by atoms with Crippen LogP contribution in [-0.4, -0.2) is 22.8 Å². The van der Waals surface area contributed by atoms with Crippen molar-refractivity contribution < 1.29 is 0 Å². The Kier molecular flexibility index (Phi) is 7.65. The molecule has 0 bridgehead atoms. The molecule has 0 aliphatic carbocycles. The first-order valence-electron chi connectivity index (χ1n) is 8.38. The Labute approximate surface area is 171 Å². The Morgan fingerprint density at radius 1 is 1.08 bits per heavy atom. The van der Waals surface area contributed by atoms with Crippen LogP contribution in [0, 0.1) is 0 Å². The number of benzene rings is 2. The summed E-state index contributed by atoms with van der Waals surface area (Å²) >= 11 is 0. The number of aromatic nitrogens is 2. The zero-order valence-corrected chi connectivity index (χ0v) is 17.3. The molecule has 0 amide bonds. The van der Waals surface area contributed by atoms with E-state index in [4.69, 9.17) is 0 Å². The van der Waals surface area contributed by atoms with Gasteiger partial charge >= 0.3 is 0 Å². The first kappa shape index (κ1) is 20.0. The number of para-hydroxylation sites is 1. The van der Waals surface area contributed by atoms with Crippen LogP contribution in [-0.2, 0) is 6.54 Å². The predicted octanol–water partition coefficient (Wildman–Crippen LogP) is 3.92. The number of halogens is 1. The Morgan fingerprint density at radius 2 is 1.81 bits per heavy atom. The summed E-state index contributed by atoms with van der Waals surface area (Å²) in [6.45, 7) is 2.79. The van der Waals surface area contributed by atoms with E-state index in [2.05, 4.69) is 51.9 Å². The number of nitrogens with zero attached hydrogens (tertiary/aromatic N) is 3. The highest BCUT2D eigenvalue weighted by molar-refractivity contribution is 14.0. The smallest absolute Gasteiger partial charge is 0.191 e. The van der Waals surface area contributed by atoms with E-state index in [0.717, 1.165) is 17.2 Å². The third-order valence-corrected chi connectivity index (χ3v) is 4.07. The van der Waals surface area contributed by atoms with E-state index < -0.39 is 0 Å². The molecule has 1 atom stereocenters. The minimum Gasteiger partial charge on any atom is -0.352 e. The van der Waals surface area contributed by atoms with Gasteiger partial charge in [0.25, 0.3) is 0 Å². The van der Waals surface area contributed by atoms with E-state index in [-0.39, 0.29) is 30.0 Å². The van der Waals surface area contributed by atoms with Crippen molar-refractivity contribution in [1.29, 1.82) is 0 Å². The average Bonchev–Trinajstić information content (AvgIpc) is 3.20. The molecule has 136 valence electrons. The van der Waals surface area contributed by atoms with E-state index >= 15 is 0 Å². The molecular weight excluding hydrogens is 437 g/mol. The number of nitrogens with one attached hydrogen (secondary N) is 2. The fourth-order valence-corrected chi connectivity index (χ4v) is 2.70. The van der Waals surface area contributed by atoms with Gasteiger partial charge in [-0.15, -0.1) is 24.0 Å². The van der Waals surface area contributed by atoms with Gasteiger partial charge in [-0.3, -0.25) is 4.99 Å². The average molecular weight is 461 g/mol. The van der Waals surface area contributed by atoms with Crippen LogP contribution in [0.3, 0.4) is 0 Å². The number of guanidine groups is 1. The van der Waals surface area contributed by atoms with Gasteiger partial charge in [-0.2, -0.15) is 5.10 Å². The van der Waals surface area contributed by atoms with Gasteiger partial charge in [0.1, 0.15) is 0 Å². The van der Waals surface area contributed by atoms with Gasteiger partial charge in [-0.25, -0.2) is 4.68 Å². The van der Waals surface area contributed by atoms with Crippen LogP contribution in [0.2, 0.25) is 0 Å². The maximum Gasteiger partial charge on any atom is 0.191 e. The lowest BCUT2D eigenvalue weighted by Gasteiger charge is -2.19. The Morgan fingerprint density at radius 3 is 2.50 bits per heavy atom. The minimum atomic E-state index is 0. The predicted molar refractivity (Wildman–Crippen MR) is 117 cm³/mol. The molecule has 3 aromatic rings. The number of hydrogen-bond donors (Lipinski definition) is 2. The van der Waals surface area contributed by atoms with E-state index in [0.29, 0.717) is 6.54 Å². The molecule has 1 unspecified atom stereocenters. The van der Waals surface area contributed by atoms with Gasteiger partial charge in [-0.05, 0) is 30.2 Å².